The number of likely N-dealkylation sites (tertiary alicyclic amines) is 1. The predicted molar refractivity (Wildman–Crippen MR) is 112 cm³/mol. The Bertz CT molecular complexity index is 985. The number of thioether (sulfide) groups is 1. The van der Waals surface area contributed by atoms with Gasteiger partial charge in [-0.3, -0.25) is 0 Å². The van der Waals surface area contributed by atoms with Gasteiger partial charge in [0.1, 0.15) is 6.61 Å². The summed E-state index contributed by atoms with van der Waals surface area (Å²) in [7, 11) is 0. The van der Waals surface area contributed by atoms with E-state index in [0.29, 0.717) is 22.9 Å². The molecule has 2 aromatic rings. The van der Waals surface area contributed by atoms with Crippen LogP contribution in [0.2, 0.25) is 0 Å². The van der Waals surface area contributed by atoms with E-state index < -0.39 is 6.10 Å². The van der Waals surface area contributed by atoms with E-state index in [2.05, 4.69) is 4.90 Å². The van der Waals surface area contributed by atoms with Crippen LogP contribution in [0.1, 0.15) is 61.8 Å². The van der Waals surface area contributed by atoms with Gasteiger partial charge in [-0.2, -0.15) is 0 Å². The van der Waals surface area contributed by atoms with Crippen molar-refractivity contribution >= 4 is 23.7 Å². The second-order valence-corrected chi connectivity index (χ2v) is 9.34. The van der Waals surface area contributed by atoms with Crippen LogP contribution in [-0.4, -0.2) is 46.8 Å². The molecule has 0 radical (unpaired) electrons. The number of aliphatic hydroxyl groups excluding tert-OH is 1. The average Bonchev–Trinajstić information content (AvgIpc) is 3.29. The minimum Gasteiger partial charge on any atom is -0.457 e. The van der Waals surface area contributed by atoms with E-state index in [1.807, 2.05) is 36.4 Å². The van der Waals surface area contributed by atoms with Crippen molar-refractivity contribution in [2.45, 2.75) is 36.2 Å². The van der Waals surface area contributed by atoms with Crippen LogP contribution < -0.4 is 0 Å². The van der Waals surface area contributed by atoms with Crippen molar-refractivity contribution < 1.29 is 24.2 Å². The molecule has 3 aliphatic rings. The smallest absolute Gasteiger partial charge is 0.340 e. The van der Waals surface area contributed by atoms with E-state index in [-0.39, 0.29) is 24.0 Å². The topological polar surface area (TPSA) is 76.1 Å². The van der Waals surface area contributed by atoms with Crippen molar-refractivity contribution in [1.29, 1.82) is 0 Å². The number of cyclic esters (lactones) is 2. The molecule has 3 heterocycles. The lowest BCUT2D eigenvalue weighted by Gasteiger charge is -2.33. The first-order valence-corrected chi connectivity index (χ1v) is 11.2. The fourth-order valence-electron chi connectivity index (χ4n) is 4.33. The summed E-state index contributed by atoms with van der Waals surface area (Å²) in [5.41, 5.74) is 3.70. The highest BCUT2D eigenvalue weighted by Crippen LogP contribution is 2.43. The number of hydrogen-bond donors (Lipinski definition) is 1. The molecule has 2 unspecified atom stereocenters. The highest BCUT2D eigenvalue weighted by Gasteiger charge is 2.34. The van der Waals surface area contributed by atoms with Crippen molar-refractivity contribution in [3.8, 4) is 0 Å². The monoisotopic (exact) mass is 425 g/mol. The second-order valence-electron chi connectivity index (χ2n) is 7.97. The van der Waals surface area contributed by atoms with Crippen LogP contribution in [0.25, 0.3) is 0 Å². The summed E-state index contributed by atoms with van der Waals surface area (Å²) in [6.07, 6.45) is 1.37. The van der Waals surface area contributed by atoms with Crippen LogP contribution in [0.5, 0.6) is 0 Å². The van der Waals surface area contributed by atoms with Gasteiger partial charge in [-0.1, -0.05) is 24.3 Å². The van der Waals surface area contributed by atoms with Crippen molar-refractivity contribution in [2.75, 3.05) is 19.6 Å². The molecule has 0 saturated carbocycles. The molecule has 2 atom stereocenters. The summed E-state index contributed by atoms with van der Waals surface area (Å²) < 4.78 is 10.6. The predicted octanol–water partition coefficient (Wildman–Crippen LogP) is 3.46. The molecule has 5 rings (SSSR count). The van der Waals surface area contributed by atoms with Gasteiger partial charge >= 0.3 is 11.9 Å². The maximum Gasteiger partial charge on any atom is 0.340 e. The Morgan fingerprint density at radius 1 is 1.07 bits per heavy atom. The van der Waals surface area contributed by atoms with Crippen molar-refractivity contribution in [1.82, 2.24) is 4.90 Å². The summed E-state index contributed by atoms with van der Waals surface area (Å²) >= 11 is 1.73. The third-order valence-corrected chi connectivity index (χ3v) is 7.48. The maximum absolute atomic E-state index is 12.0. The third kappa shape index (κ3) is 3.73. The lowest BCUT2D eigenvalue weighted by atomic mass is 10.0. The highest BCUT2D eigenvalue weighted by molar-refractivity contribution is 8.00. The van der Waals surface area contributed by atoms with E-state index in [1.54, 1.807) is 17.8 Å². The van der Waals surface area contributed by atoms with Gasteiger partial charge in [0.15, 0.2) is 5.44 Å². The maximum atomic E-state index is 12.0. The summed E-state index contributed by atoms with van der Waals surface area (Å²) in [5.74, 6) is -0.522. The van der Waals surface area contributed by atoms with Crippen molar-refractivity contribution in [3.63, 3.8) is 0 Å². The number of piperidine rings is 1. The van der Waals surface area contributed by atoms with E-state index in [4.69, 9.17) is 9.47 Å². The summed E-state index contributed by atoms with van der Waals surface area (Å²) in [4.78, 5) is 25.9. The molecule has 1 N–H and O–H groups in total. The first-order valence-electron chi connectivity index (χ1n) is 10.2. The van der Waals surface area contributed by atoms with Crippen LogP contribution in [0.3, 0.4) is 0 Å². The zero-order valence-corrected chi connectivity index (χ0v) is 17.3. The summed E-state index contributed by atoms with van der Waals surface area (Å²) in [6, 6.07) is 13.0. The normalized spacial score (nSPS) is 22.4. The average molecular weight is 426 g/mol. The highest BCUT2D eigenvalue weighted by atomic mass is 32.2. The minimum atomic E-state index is -0.599. The molecule has 7 heteroatoms. The fraction of sp³-hybridized carbons (Fsp3) is 0.391. The molecule has 0 spiro atoms. The van der Waals surface area contributed by atoms with E-state index in [9.17, 15) is 14.7 Å². The first kappa shape index (κ1) is 19.6. The molecule has 30 heavy (non-hydrogen) atoms. The van der Waals surface area contributed by atoms with Gasteiger partial charge in [-0.15, -0.1) is 11.8 Å². The van der Waals surface area contributed by atoms with Crippen LogP contribution in [0, 0.1) is 0 Å². The summed E-state index contributed by atoms with van der Waals surface area (Å²) in [5, 5.41) is 11.1. The van der Waals surface area contributed by atoms with Crippen molar-refractivity contribution in [2.24, 2.45) is 0 Å². The van der Waals surface area contributed by atoms with Crippen LogP contribution >= 0.6 is 11.8 Å². The van der Waals surface area contributed by atoms with E-state index >= 15 is 0 Å². The summed E-state index contributed by atoms with van der Waals surface area (Å²) in [6.45, 7) is 2.63. The Labute approximate surface area is 179 Å². The Morgan fingerprint density at radius 3 is 2.70 bits per heavy atom. The molecule has 6 nitrogen and oxygen atoms in total. The number of benzene rings is 2. The molecule has 1 saturated heterocycles. The van der Waals surface area contributed by atoms with E-state index in [1.165, 1.54) is 0 Å². The number of carbonyl (C=O) groups is 2. The number of aliphatic hydroxyl groups is 1. The Balaban J connectivity index is 1.14. The van der Waals surface area contributed by atoms with Crippen molar-refractivity contribution in [3.05, 3.63) is 70.3 Å². The molecular formula is C23H23NO5S. The van der Waals surface area contributed by atoms with Gasteiger partial charge in [0.05, 0.1) is 17.2 Å². The number of esters is 2. The molecule has 0 aliphatic carbocycles. The van der Waals surface area contributed by atoms with Gasteiger partial charge in [0.25, 0.3) is 0 Å². The van der Waals surface area contributed by atoms with Crippen LogP contribution in [-0.2, 0) is 16.1 Å². The number of rotatable bonds is 5. The first-order chi connectivity index (χ1) is 14.6. The molecule has 3 aliphatic heterocycles. The molecule has 156 valence electrons. The molecule has 0 aromatic heterocycles. The number of carbonyl (C=O) groups excluding carboxylic acids is 2. The number of β-amino-alcohol motifs (C(OH)–C–C–N with tert-alkyl or cyclic N) is 1. The second kappa shape index (κ2) is 8.06. The van der Waals surface area contributed by atoms with Gasteiger partial charge < -0.3 is 19.5 Å². The van der Waals surface area contributed by atoms with Gasteiger partial charge in [0.2, 0.25) is 0 Å². The number of ether oxygens (including phenoxy) is 2. The minimum absolute atomic E-state index is 0.216. The molecule has 0 bridgehead atoms. The number of nitrogens with zero attached hydrogens (tertiary/aromatic N) is 1. The third-order valence-electron chi connectivity index (χ3n) is 6.02. The quantitative estimate of drug-likeness (QED) is 0.735. The Morgan fingerprint density at radius 2 is 1.87 bits per heavy atom. The van der Waals surface area contributed by atoms with Gasteiger partial charge in [-0.05, 0) is 49.7 Å². The molecule has 0 amide bonds. The zero-order chi connectivity index (χ0) is 20.7. The fourth-order valence-corrected chi connectivity index (χ4v) is 5.65. The molecule has 2 aromatic carbocycles. The zero-order valence-electron chi connectivity index (χ0n) is 16.5. The Kier molecular flexibility index (Phi) is 5.26. The number of fused-ring (bicyclic) bond motifs is 2. The lowest BCUT2D eigenvalue weighted by molar-refractivity contribution is 0.0515. The molecular weight excluding hydrogens is 402 g/mol. The van der Waals surface area contributed by atoms with Gasteiger partial charge in [-0.25, -0.2) is 9.59 Å². The standard InChI is InChI=1S/C23H23NO5S/c25-20(14-5-6-17-15(11-14)13-28-21(17)26)12-24-9-7-16(8-10-24)30-23-19-4-2-1-3-18(19)22(27)29-23/h1-6,11,16,20,23,25H,7-10,12-13H2. The van der Waals surface area contributed by atoms with Gasteiger partial charge in [0, 0.05) is 22.9 Å². The SMILES string of the molecule is O=C1OCc2cc(C(O)CN3CCC(SC4OC(=O)c5ccccc54)CC3)ccc21. The van der Waals surface area contributed by atoms with Crippen LogP contribution in [0.15, 0.2) is 42.5 Å². The molecule has 1 fully saturated rings. The van der Waals surface area contributed by atoms with Crippen LogP contribution in [0.4, 0.5) is 0 Å². The Hall–Kier alpha value is -2.35. The van der Waals surface area contributed by atoms with E-state index in [0.717, 1.165) is 42.6 Å². The number of hydrogen-bond acceptors (Lipinski definition) is 7. The lowest BCUT2D eigenvalue weighted by Crippen LogP contribution is -2.37. The largest absolute Gasteiger partial charge is 0.457 e.